The molecule has 0 amide bonds. The molecule has 0 aromatic heterocycles. The van der Waals surface area contributed by atoms with Gasteiger partial charge in [-0.15, -0.1) is 0 Å². The van der Waals surface area contributed by atoms with Crippen LogP contribution in [0.25, 0.3) is 0 Å². The summed E-state index contributed by atoms with van der Waals surface area (Å²) in [6.45, 7) is 7.81. The first kappa shape index (κ1) is 21.8. The van der Waals surface area contributed by atoms with Crippen LogP contribution in [0.2, 0.25) is 0 Å². The number of nitrogens with zero attached hydrogens (tertiary/aromatic N) is 1. The van der Waals surface area contributed by atoms with Crippen LogP contribution in [0.15, 0.2) is 29.2 Å². The number of esters is 1. The molecular weight excluding hydrogens is 368 g/mol. The fourth-order valence-electron chi connectivity index (χ4n) is 3.86. The van der Waals surface area contributed by atoms with Crippen LogP contribution in [0, 0.1) is 12.3 Å². The van der Waals surface area contributed by atoms with Crippen molar-refractivity contribution in [2.75, 3.05) is 26.8 Å². The van der Waals surface area contributed by atoms with Gasteiger partial charge in [0, 0.05) is 13.1 Å². The standard InChI is InChI=1S/C19H30N2O5S/c1-6-12-19(17(22)26-7-2)14-21(13-18(19,4)20-25-5)27(23,24)16-10-8-15(3)9-11-16/h8-11,20H,6-7,12-14H2,1-5H3. The molecule has 0 saturated carbocycles. The smallest absolute Gasteiger partial charge is 0.315 e. The van der Waals surface area contributed by atoms with Gasteiger partial charge in [0.05, 0.1) is 24.2 Å². The van der Waals surface area contributed by atoms with Crippen LogP contribution in [-0.4, -0.2) is 51.0 Å². The fourth-order valence-corrected chi connectivity index (χ4v) is 5.46. The van der Waals surface area contributed by atoms with E-state index in [4.69, 9.17) is 9.57 Å². The Bertz CT molecular complexity index is 765. The molecule has 2 unspecified atom stereocenters. The molecule has 1 aromatic rings. The van der Waals surface area contributed by atoms with Gasteiger partial charge in [0.1, 0.15) is 5.41 Å². The second-order valence-corrected chi connectivity index (χ2v) is 9.21. The lowest BCUT2D eigenvalue weighted by molar-refractivity contribution is -0.163. The van der Waals surface area contributed by atoms with E-state index in [0.717, 1.165) is 5.56 Å². The van der Waals surface area contributed by atoms with Crippen LogP contribution in [0.3, 0.4) is 0 Å². The first-order valence-corrected chi connectivity index (χ1v) is 10.6. The summed E-state index contributed by atoms with van der Waals surface area (Å²) in [6.07, 6.45) is 1.19. The summed E-state index contributed by atoms with van der Waals surface area (Å²) in [5.41, 5.74) is 1.92. The third-order valence-corrected chi connectivity index (χ3v) is 7.13. The average Bonchev–Trinajstić information content (AvgIpc) is 2.90. The van der Waals surface area contributed by atoms with E-state index >= 15 is 0 Å². The molecule has 0 aliphatic carbocycles. The van der Waals surface area contributed by atoms with E-state index in [1.165, 1.54) is 11.4 Å². The zero-order valence-electron chi connectivity index (χ0n) is 16.7. The van der Waals surface area contributed by atoms with E-state index in [-0.39, 0.29) is 24.6 Å². The number of benzene rings is 1. The van der Waals surface area contributed by atoms with Gasteiger partial charge in [-0.2, -0.15) is 9.79 Å². The average molecular weight is 399 g/mol. The molecule has 0 bridgehead atoms. The second-order valence-electron chi connectivity index (χ2n) is 7.28. The minimum Gasteiger partial charge on any atom is -0.465 e. The van der Waals surface area contributed by atoms with Crippen LogP contribution < -0.4 is 5.48 Å². The van der Waals surface area contributed by atoms with Crippen LogP contribution in [0.4, 0.5) is 0 Å². The maximum absolute atomic E-state index is 13.2. The Morgan fingerprint density at radius 2 is 1.85 bits per heavy atom. The lowest BCUT2D eigenvalue weighted by Crippen LogP contribution is -2.59. The summed E-state index contributed by atoms with van der Waals surface area (Å²) >= 11 is 0. The molecule has 2 atom stereocenters. The number of rotatable bonds is 8. The van der Waals surface area contributed by atoms with Crippen molar-refractivity contribution in [3.05, 3.63) is 29.8 Å². The van der Waals surface area contributed by atoms with Crippen LogP contribution in [-0.2, 0) is 24.4 Å². The Balaban J connectivity index is 2.50. The highest BCUT2D eigenvalue weighted by atomic mass is 32.2. The normalized spacial score (nSPS) is 26.3. The Morgan fingerprint density at radius 1 is 1.22 bits per heavy atom. The molecule has 27 heavy (non-hydrogen) atoms. The topological polar surface area (TPSA) is 84.9 Å². The molecule has 152 valence electrons. The summed E-state index contributed by atoms with van der Waals surface area (Å²) in [5.74, 6) is -0.402. The minimum atomic E-state index is -3.75. The highest BCUT2D eigenvalue weighted by Gasteiger charge is 2.62. The molecule has 1 aromatic carbocycles. The number of nitrogens with one attached hydrogen (secondary N) is 1. The number of aryl methyl sites for hydroxylation is 1. The molecule has 1 heterocycles. The zero-order valence-corrected chi connectivity index (χ0v) is 17.6. The minimum absolute atomic E-state index is 0.0444. The number of hydrogen-bond donors (Lipinski definition) is 1. The Labute approximate surface area is 162 Å². The highest BCUT2D eigenvalue weighted by Crippen LogP contribution is 2.46. The molecule has 2 rings (SSSR count). The number of hydrogen-bond acceptors (Lipinski definition) is 6. The van der Waals surface area contributed by atoms with Gasteiger partial charge in [-0.25, -0.2) is 8.42 Å². The number of hydroxylamine groups is 1. The monoisotopic (exact) mass is 398 g/mol. The van der Waals surface area contributed by atoms with Crippen molar-refractivity contribution in [1.29, 1.82) is 0 Å². The molecule has 8 heteroatoms. The van der Waals surface area contributed by atoms with Gasteiger partial charge in [-0.1, -0.05) is 31.0 Å². The Kier molecular flexibility index (Phi) is 6.68. The summed E-state index contributed by atoms with van der Waals surface area (Å²) in [7, 11) is -2.29. The van der Waals surface area contributed by atoms with E-state index in [9.17, 15) is 13.2 Å². The van der Waals surface area contributed by atoms with Gasteiger partial charge < -0.3 is 9.57 Å². The third kappa shape index (κ3) is 3.89. The molecule has 0 spiro atoms. The third-order valence-electron chi connectivity index (χ3n) is 5.32. The van der Waals surface area contributed by atoms with Crippen molar-refractivity contribution in [3.8, 4) is 0 Å². The molecule has 1 N–H and O–H groups in total. The van der Waals surface area contributed by atoms with Gasteiger partial charge >= 0.3 is 5.97 Å². The lowest BCUT2D eigenvalue weighted by Gasteiger charge is -2.40. The SMILES string of the molecule is CCCC1(C(=O)OCC)CN(S(=O)(=O)c2ccc(C)cc2)CC1(C)NOC. The van der Waals surface area contributed by atoms with Crippen molar-refractivity contribution in [3.63, 3.8) is 0 Å². The Morgan fingerprint density at radius 3 is 2.37 bits per heavy atom. The molecule has 1 aliphatic heterocycles. The van der Waals surface area contributed by atoms with Crippen LogP contribution in [0.5, 0.6) is 0 Å². The first-order chi connectivity index (χ1) is 12.7. The van der Waals surface area contributed by atoms with Gasteiger partial charge in [0.25, 0.3) is 0 Å². The van der Waals surface area contributed by atoms with Crippen molar-refractivity contribution < 1.29 is 22.8 Å². The number of carbonyl (C=O) groups excluding carboxylic acids is 1. The maximum Gasteiger partial charge on any atom is 0.315 e. The lowest BCUT2D eigenvalue weighted by atomic mass is 9.70. The number of sulfonamides is 1. The highest BCUT2D eigenvalue weighted by molar-refractivity contribution is 7.89. The van der Waals surface area contributed by atoms with Gasteiger partial charge in [0.2, 0.25) is 10.0 Å². The predicted molar refractivity (Wildman–Crippen MR) is 102 cm³/mol. The number of ether oxygens (including phenoxy) is 1. The molecule has 1 aliphatic rings. The van der Waals surface area contributed by atoms with E-state index in [1.807, 2.05) is 20.8 Å². The summed E-state index contributed by atoms with van der Waals surface area (Å²) in [6, 6.07) is 6.71. The fraction of sp³-hybridized carbons (Fsp3) is 0.632. The van der Waals surface area contributed by atoms with Crippen LogP contribution in [0.1, 0.15) is 39.2 Å². The summed E-state index contributed by atoms with van der Waals surface area (Å²) in [4.78, 5) is 18.3. The van der Waals surface area contributed by atoms with Gasteiger partial charge in [-0.05, 0) is 39.3 Å². The molecular formula is C19H30N2O5S. The van der Waals surface area contributed by atoms with Gasteiger partial charge in [0.15, 0.2) is 0 Å². The van der Waals surface area contributed by atoms with E-state index in [0.29, 0.717) is 12.8 Å². The molecule has 1 saturated heterocycles. The maximum atomic E-state index is 13.2. The molecule has 0 radical (unpaired) electrons. The van der Waals surface area contributed by atoms with Gasteiger partial charge in [-0.3, -0.25) is 4.79 Å². The summed E-state index contributed by atoms with van der Waals surface area (Å²) in [5, 5.41) is 0. The first-order valence-electron chi connectivity index (χ1n) is 9.21. The van der Waals surface area contributed by atoms with Crippen molar-refractivity contribution >= 4 is 16.0 Å². The Hall–Kier alpha value is -1.48. The van der Waals surface area contributed by atoms with Crippen molar-refractivity contribution in [2.24, 2.45) is 5.41 Å². The largest absolute Gasteiger partial charge is 0.465 e. The second kappa shape index (κ2) is 8.26. The summed E-state index contributed by atoms with van der Waals surface area (Å²) < 4.78 is 33.1. The van der Waals surface area contributed by atoms with E-state index < -0.39 is 26.9 Å². The van der Waals surface area contributed by atoms with Crippen molar-refractivity contribution in [1.82, 2.24) is 9.79 Å². The van der Waals surface area contributed by atoms with E-state index in [2.05, 4.69) is 5.48 Å². The quantitative estimate of drug-likeness (QED) is 0.534. The predicted octanol–water partition coefficient (Wildman–Crippen LogP) is 2.26. The van der Waals surface area contributed by atoms with E-state index in [1.54, 1.807) is 31.2 Å². The van der Waals surface area contributed by atoms with Crippen LogP contribution >= 0.6 is 0 Å². The van der Waals surface area contributed by atoms with Crippen molar-refractivity contribution in [2.45, 2.75) is 51.0 Å². The molecule has 1 fully saturated rings. The number of carbonyl (C=O) groups is 1. The zero-order chi connectivity index (χ0) is 20.3. The molecule has 7 nitrogen and oxygen atoms in total.